The van der Waals surface area contributed by atoms with Gasteiger partial charge in [0, 0.05) is 13.0 Å². The molecule has 0 saturated carbocycles. The Morgan fingerprint density at radius 2 is 1.97 bits per heavy atom. The van der Waals surface area contributed by atoms with Gasteiger partial charge in [-0.1, -0.05) is 23.7 Å². The molecule has 9 heteroatoms. The van der Waals surface area contributed by atoms with Crippen LogP contribution in [0, 0.1) is 0 Å². The second kappa shape index (κ2) is 11.4. The number of hydrogen-bond acceptors (Lipinski definition) is 5. The molecule has 0 bridgehead atoms. The first-order valence-electron chi connectivity index (χ1n) is 8.72. The van der Waals surface area contributed by atoms with Crippen molar-refractivity contribution in [2.75, 3.05) is 20.8 Å². The van der Waals surface area contributed by atoms with Crippen LogP contribution in [-0.2, 0) is 4.79 Å². The Morgan fingerprint density at radius 3 is 2.66 bits per heavy atom. The largest absolute Gasteiger partial charge is 0.493 e. The maximum absolute atomic E-state index is 12.0. The van der Waals surface area contributed by atoms with E-state index in [2.05, 4.69) is 31.8 Å². The highest BCUT2D eigenvalue weighted by Gasteiger charge is 2.10. The molecule has 2 amide bonds. The standard InChI is InChI=1S/C20H21BrClN3O4/c1-28-17-11-13(10-15(21)19(17)29-2)12-24-25-18(26)8-5-9-23-20(27)14-6-3-4-7-16(14)22/h3-4,6-7,10-12H,5,8-9H2,1-2H3,(H,23,27)(H,25,26)/b24-12+. The average Bonchev–Trinajstić information content (AvgIpc) is 2.71. The molecule has 0 radical (unpaired) electrons. The van der Waals surface area contributed by atoms with Crippen molar-refractivity contribution in [2.45, 2.75) is 12.8 Å². The van der Waals surface area contributed by atoms with Crippen molar-refractivity contribution >= 4 is 45.6 Å². The minimum absolute atomic E-state index is 0.218. The molecule has 0 aliphatic rings. The van der Waals surface area contributed by atoms with E-state index in [9.17, 15) is 9.59 Å². The molecule has 0 saturated heterocycles. The van der Waals surface area contributed by atoms with Gasteiger partial charge in [-0.3, -0.25) is 9.59 Å². The van der Waals surface area contributed by atoms with Crippen LogP contribution < -0.4 is 20.2 Å². The van der Waals surface area contributed by atoms with Crippen molar-refractivity contribution in [3.63, 3.8) is 0 Å². The molecule has 0 aliphatic carbocycles. The number of hydrogen-bond donors (Lipinski definition) is 2. The van der Waals surface area contributed by atoms with E-state index in [1.54, 1.807) is 43.5 Å². The summed E-state index contributed by atoms with van der Waals surface area (Å²) in [5.41, 5.74) is 3.59. The predicted molar refractivity (Wildman–Crippen MR) is 116 cm³/mol. The molecular formula is C20H21BrClN3O4. The molecule has 0 heterocycles. The summed E-state index contributed by atoms with van der Waals surface area (Å²) in [6.45, 7) is 0.351. The zero-order valence-electron chi connectivity index (χ0n) is 16.0. The van der Waals surface area contributed by atoms with E-state index in [-0.39, 0.29) is 18.2 Å². The Hall–Kier alpha value is -2.58. The summed E-state index contributed by atoms with van der Waals surface area (Å²) in [6.07, 6.45) is 2.19. The molecule has 2 N–H and O–H groups in total. The molecule has 29 heavy (non-hydrogen) atoms. The zero-order chi connectivity index (χ0) is 21.2. The lowest BCUT2D eigenvalue weighted by atomic mass is 10.2. The highest BCUT2D eigenvalue weighted by Crippen LogP contribution is 2.35. The third kappa shape index (κ3) is 6.76. The molecule has 154 valence electrons. The highest BCUT2D eigenvalue weighted by molar-refractivity contribution is 9.10. The van der Waals surface area contributed by atoms with Gasteiger partial charge in [-0.2, -0.15) is 5.10 Å². The van der Waals surface area contributed by atoms with Gasteiger partial charge >= 0.3 is 0 Å². The molecule has 0 aromatic heterocycles. The molecular weight excluding hydrogens is 462 g/mol. The Morgan fingerprint density at radius 1 is 1.21 bits per heavy atom. The van der Waals surface area contributed by atoms with Crippen LogP contribution in [0.2, 0.25) is 5.02 Å². The second-order valence-electron chi connectivity index (χ2n) is 5.87. The average molecular weight is 483 g/mol. The van der Waals surface area contributed by atoms with Crippen molar-refractivity contribution in [3.05, 3.63) is 57.0 Å². The molecule has 0 fully saturated rings. The summed E-state index contributed by atoms with van der Waals surface area (Å²) in [4.78, 5) is 23.9. The van der Waals surface area contributed by atoms with Gasteiger partial charge in [0.05, 0.1) is 35.5 Å². The number of ether oxygens (including phenoxy) is 2. The number of amides is 2. The Labute approximate surface area is 182 Å². The van der Waals surface area contributed by atoms with Gasteiger partial charge in [-0.15, -0.1) is 0 Å². The van der Waals surface area contributed by atoms with E-state index < -0.39 is 0 Å². The molecule has 2 aromatic rings. The van der Waals surface area contributed by atoms with Crippen LogP contribution in [0.4, 0.5) is 0 Å². The number of halogens is 2. The fraction of sp³-hybridized carbons (Fsp3) is 0.250. The lowest BCUT2D eigenvalue weighted by molar-refractivity contribution is -0.121. The fourth-order valence-electron chi connectivity index (χ4n) is 2.44. The smallest absolute Gasteiger partial charge is 0.252 e. The lowest BCUT2D eigenvalue weighted by Crippen LogP contribution is -2.26. The first-order chi connectivity index (χ1) is 14.0. The fourth-order valence-corrected chi connectivity index (χ4v) is 3.28. The number of benzene rings is 2. The molecule has 0 unspecified atom stereocenters. The summed E-state index contributed by atoms with van der Waals surface area (Å²) >= 11 is 9.38. The Bertz CT molecular complexity index is 905. The van der Waals surface area contributed by atoms with E-state index in [4.69, 9.17) is 21.1 Å². The lowest BCUT2D eigenvalue weighted by Gasteiger charge is -2.10. The number of methoxy groups -OCH3 is 2. The van der Waals surface area contributed by atoms with Crippen molar-refractivity contribution in [1.29, 1.82) is 0 Å². The van der Waals surface area contributed by atoms with Gasteiger partial charge in [0.1, 0.15) is 0 Å². The topological polar surface area (TPSA) is 89.0 Å². The maximum atomic E-state index is 12.0. The highest BCUT2D eigenvalue weighted by atomic mass is 79.9. The van der Waals surface area contributed by atoms with Crippen LogP contribution in [0.15, 0.2) is 46.0 Å². The van der Waals surface area contributed by atoms with E-state index in [1.807, 2.05) is 0 Å². The van der Waals surface area contributed by atoms with Crippen molar-refractivity contribution < 1.29 is 19.1 Å². The third-order valence-corrected chi connectivity index (χ3v) is 4.76. The van der Waals surface area contributed by atoms with Crippen molar-refractivity contribution in [1.82, 2.24) is 10.7 Å². The Kier molecular flexibility index (Phi) is 8.95. The predicted octanol–water partition coefficient (Wildman–Crippen LogP) is 3.78. The van der Waals surface area contributed by atoms with Crippen LogP contribution in [0.5, 0.6) is 11.5 Å². The van der Waals surface area contributed by atoms with Gasteiger partial charge in [0.2, 0.25) is 5.91 Å². The summed E-state index contributed by atoms with van der Waals surface area (Å²) in [6, 6.07) is 10.3. The van der Waals surface area contributed by atoms with E-state index in [0.29, 0.717) is 39.5 Å². The summed E-state index contributed by atoms with van der Waals surface area (Å²) in [5, 5.41) is 7.06. The van der Waals surface area contributed by atoms with E-state index >= 15 is 0 Å². The number of rotatable bonds is 9. The van der Waals surface area contributed by atoms with Gasteiger partial charge in [0.15, 0.2) is 11.5 Å². The van der Waals surface area contributed by atoms with Gasteiger partial charge in [-0.05, 0) is 52.2 Å². The quantitative estimate of drug-likeness (QED) is 0.323. The van der Waals surface area contributed by atoms with Gasteiger partial charge < -0.3 is 14.8 Å². The van der Waals surface area contributed by atoms with Gasteiger partial charge in [0.25, 0.3) is 5.91 Å². The first kappa shape index (κ1) is 22.7. The van der Waals surface area contributed by atoms with Crippen LogP contribution in [0.25, 0.3) is 0 Å². The molecule has 0 spiro atoms. The molecule has 7 nitrogen and oxygen atoms in total. The van der Waals surface area contributed by atoms with Crippen LogP contribution in [-0.4, -0.2) is 38.8 Å². The van der Waals surface area contributed by atoms with Crippen molar-refractivity contribution in [2.24, 2.45) is 5.10 Å². The number of nitrogens with one attached hydrogen (secondary N) is 2. The summed E-state index contributed by atoms with van der Waals surface area (Å²) < 4.78 is 11.2. The minimum atomic E-state index is -0.270. The number of carbonyl (C=O) groups is 2. The molecule has 0 aliphatic heterocycles. The normalized spacial score (nSPS) is 10.6. The first-order valence-corrected chi connectivity index (χ1v) is 9.89. The number of carbonyl (C=O) groups excluding carboxylic acids is 2. The van der Waals surface area contributed by atoms with E-state index in [1.165, 1.54) is 13.3 Å². The molecule has 0 atom stereocenters. The molecule has 2 aromatic carbocycles. The second-order valence-corrected chi connectivity index (χ2v) is 7.13. The molecule has 2 rings (SSSR count). The van der Waals surface area contributed by atoms with Crippen LogP contribution in [0.1, 0.15) is 28.8 Å². The van der Waals surface area contributed by atoms with Crippen LogP contribution >= 0.6 is 27.5 Å². The summed E-state index contributed by atoms with van der Waals surface area (Å²) in [7, 11) is 3.09. The Balaban J connectivity index is 1.77. The number of hydrazone groups is 1. The van der Waals surface area contributed by atoms with Crippen molar-refractivity contribution in [3.8, 4) is 11.5 Å². The zero-order valence-corrected chi connectivity index (χ0v) is 18.3. The van der Waals surface area contributed by atoms with E-state index in [0.717, 1.165) is 5.56 Å². The third-order valence-electron chi connectivity index (χ3n) is 3.84. The summed E-state index contributed by atoms with van der Waals surface area (Å²) in [5.74, 6) is 0.595. The maximum Gasteiger partial charge on any atom is 0.252 e. The number of nitrogens with zero attached hydrogens (tertiary/aromatic N) is 1. The SMILES string of the molecule is COc1cc(/C=N/NC(=O)CCCNC(=O)c2ccccc2Cl)cc(Br)c1OC. The minimum Gasteiger partial charge on any atom is -0.493 e. The van der Waals surface area contributed by atoms with Gasteiger partial charge in [-0.25, -0.2) is 5.43 Å². The monoisotopic (exact) mass is 481 g/mol. The van der Waals surface area contributed by atoms with Crippen LogP contribution in [0.3, 0.4) is 0 Å².